The van der Waals surface area contributed by atoms with Crippen LogP contribution in [0.4, 0.5) is 4.39 Å². The molecule has 0 aromatic carbocycles. The van der Waals surface area contributed by atoms with Crippen LogP contribution in [0, 0.1) is 5.92 Å². The van der Waals surface area contributed by atoms with Gasteiger partial charge in [0.1, 0.15) is 11.6 Å². The second kappa shape index (κ2) is 6.79. The lowest BCUT2D eigenvalue weighted by atomic mass is 9.98. The van der Waals surface area contributed by atoms with Crippen molar-refractivity contribution in [2.45, 2.75) is 39.0 Å². The zero-order chi connectivity index (χ0) is 14.5. The maximum Gasteiger partial charge on any atom is 0.244 e. The molecule has 0 saturated carbocycles. The number of nitrogens with zero attached hydrogens (tertiary/aromatic N) is 1. The highest BCUT2D eigenvalue weighted by Gasteiger charge is 2.23. The minimum absolute atomic E-state index is 0.0111. The molecule has 1 aliphatic carbocycles. The van der Waals surface area contributed by atoms with Crippen molar-refractivity contribution in [3.63, 3.8) is 0 Å². The van der Waals surface area contributed by atoms with Crippen molar-refractivity contribution in [3.05, 3.63) is 23.6 Å². The van der Waals surface area contributed by atoms with Gasteiger partial charge >= 0.3 is 0 Å². The molecular formula is C15H21FN2O2. The number of rotatable bonds is 2. The highest BCUT2D eigenvalue weighted by Crippen LogP contribution is 2.19. The van der Waals surface area contributed by atoms with Crippen molar-refractivity contribution >= 4 is 11.7 Å². The Morgan fingerprint density at radius 3 is 3.00 bits per heavy atom. The van der Waals surface area contributed by atoms with E-state index in [-0.39, 0.29) is 29.9 Å². The Balaban J connectivity index is 2.03. The van der Waals surface area contributed by atoms with Crippen LogP contribution < -0.4 is 5.43 Å². The van der Waals surface area contributed by atoms with E-state index in [0.717, 1.165) is 18.4 Å². The molecule has 1 saturated heterocycles. The van der Waals surface area contributed by atoms with Gasteiger partial charge in [-0.2, -0.15) is 0 Å². The van der Waals surface area contributed by atoms with Gasteiger partial charge in [0.15, 0.2) is 0 Å². The normalized spacial score (nSPS) is 25.5. The van der Waals surface area contributed by atoms with Crippen molar-refractivity contribution in [2.75, 3.05) is 13.1 Å². The molecule has 5 heteroatoms. The molecule has 1 N–H and O–H groups in total. The molecule has 0 aromatic rings. The van der Waals surface area contributed by atoms with E-state index in [1.807, 2.05) is 13.0 Å². The Hall–Kier alpha value is -1.49. The fraction of sp³-hybridized carbons (Fsp3) is 0.600. The standard InChI is InChI=1S/C15H21FN2O2/c1-11-4-3-7-17-18(15(20)9-14(11)19)10-12-5-2-6-13(16)8-12/h5,8,11,17H,2-4,6-7,9-10H2,1H3/t11-/m0/s1. The molecule has 110 valence electrons. The van der Waals surface area contributed by atoms with Crippen molar-refractivity contribution in [3.8, 4) is 0 Å². The number of hydrogen-bond donors (Lipinski definition) is 1. The molecule has 0 radical (unpaired) electrons. The summed E-state index contributed by atoms with van der Waals surface area (Å²) in [6.07, 6.45) is 6.08. The van der Waals surface area contributed by atoms with Gasteiger partial charge in [-0.15, -0.1) is 0 Å². The molecule has 4 nitrogen and oxygen atoms in total. The quantitative estimate of drug-likeness (QED) is 0.789. The van der Waals surface area contributed by atoms with E-state index in [1.165, 1.54) is 11.1 Å². The Bertz CT molecular complexity index is 457. The number of allylic oxidation sites excluding steroid dienone is 2. The number of ketones is 1. The molecule has 0 bridgehead atoms. The van der Waals surface area contributed by atoms with E-state index in [4.69, 9.17) is 0 Å². The smallest absolute Gasteiger partial charge is 0.244 e. The summed E-state index contributed by atoms with van der Waals surface area (Å²) in [5.41, 5.74) is 3.84. The van der Waals surface area contributed by atoms with E-state index in [9.17, 15) is 14.0 Å². The van der Waals surface area contributed by atoms with Gasteiger partial charge in [-0.1, -0.05) is 13.0 Å². The third kappa shape index (κ3) is 4.00. The first-order valence-electron chi connectivity index (χ1n) is 7.18. The van der Waals surface area contributed by atoms with Gasteiger partial charge in [-0.25, -0.2) is 9.82 Å². The van der Waals surface area contributed by atoms with Crippen LogP contribution in [0.25, 0.3) is 0 Å². The molecule has 20 heavy (non-hydrogen) atoms. The van der Waals surface area contributed by atoms with E-state index in [0.29, 0.717) is 25.9 Å². The fourth-order valence-corrected chi connectivity index (χ4v) is 2.45. The lowest BCUT2D eigenvalue weighted by molar-refractivity contribution is -0.138. The number of carbonyl (C=O) groups is 2. The number of hydrazine groups is 1. The van der Waals surface area contributed by atoms with Gasteiger partial charge in [0.05, 0.1) is 13.0 Å². The summed E-state index contributed by atoms with van der Waals surface area (Å²) in [7, 11) is 0. The van der Waals surface area contributed by atoms with Gasteiger partial charge in [0, 0.05) is 18.9 Å². The predicted molar refractivity (Wildman–Crippen MR) is 74.2 cm³/mol. The fourth-order valence-electron chi connectivity index (χ4n) is 2.45. The van der Waals surface area contributed by atoms with E-state index < -0.39 is 0 Å². The molecule has 1 heterocycles. The molecule has 1 atom stereocenters. The van der Waals surface area contributed by atoms with Crippen LogP contribution in [0.1, 0.15) is 39.0 Å². The Morgan fingerprint density at radius 2 is 2.25 bits per heavy atom. The number of carbonyl (C=O) groups excluding carboxylic acids is 2. The number of halogens is 1. The number of amides is 1. The Kier molecular flexibility index (Phi) is 5.06. The highest BCUT2D eigenvalue weighted by atomic mass is 19.1. The van der Waals surface area contributed by atoms with Gasteiger partial charge in [0.2, 0.25) is 5.91 Å². The van der Waals surface area contributed by atoms with Gasteiger partial charge in [-0.05, 0) is 30.9 Å². The predicted octanol–water partition coefficient (Wildman–Crippen LogP) is 2.28. The van der Waals surface area contributed by atoms with Crippen LogP contribution in [-0.2, 0) is 9.59 Å². The topological polar surface area (TPSA) is 49.4 Å². The SMILES string of the molecule is C[C@H]1CCCNN(CC2=CCCC(F)=C2)C(=O)CC1=O. The highest BCUT2D eigenvalue weighted by molar-refractivity contribution is 5.98. The molecule has 1 fully saturated rings. The molecule has 1 aliphatic heterocycles. The minimum atomic E-state index is -0.232. The summed E-state index contributed by atoms with van der Waals surface area (Å²) < 4.78 is 13.3. The third-order valence-electron chi connectivity index (χ3n) is 3.77. The molecule has 0 aromatic heterocycles. The maximum absolute atomic E-state index is 13.3. The van der Waals surface area contributed by atoms with Crippen LogP contribution in [0.5, 0.6) is 0 Å². The zero-order valence-corrected chi connectivity index (χ0v) is 11.8. The molecule has 2 aliphatic rings. The summed E-state index contributed by atoms with van der Waals surface area (Å²) in [6.45, 7) is 2.84. The Morgan fingerprint density at radius 1 is 1.45 bits per heavy atom. The first-order valence-corrected chi connectivity index (χ1v) is 7.18. The second-order valence-corrected chi connectivity index (χ2v) is 5.48. The van der Waals surface area contributed by atoms with E-state index >= 15 is 0 Å². The zero-order valence-electron chi connectivity index (χ0n) is 11.8. The van der Waals surface area contributed by atoms with E-state index in [1.54, 1.807) is 0 Å². The molecule has 1 amide bonds. The molecule has 2 rings (SSSR count). The van der Waals surface area contributed by atoms with Crippen molar-refractivity contribution in [1.29, 1.82) is 0 Å². The second-order valence-electron chi connectivity index (χ2n) is 5.48. The van der Waals surface area contributed by atoms with Crippen molar-refractivity contribution in [1.82, 2.24) is 10.4 Å². The molecular weight excluding hydrogens is 259 g/mol. The molecule has 0 unspecified atom stereocenters. The number of nitrogens with one attached hydrogen (secondary N) is 1. The molecule has 0 spiro atoms. The monoisotopic (exact) mass is 280 g/mol. The third-order valence-corrected chi connectivity index (χ3v) is 3.77. The summed E-state index contributed by atoms with van der Waals surface area (Å²) in [4.78, 5) is 24.0. The lowest BCUT2D eigenvalue weighted by Gasteiger charge is -2.24. The average Bonchev–Trinajstić information content (AvgIpc) is 2.45. The van der Waals surface area contributed by atoms with Crippen LogP contribution >= 0.6 is 0 Å². The minimum Gasteiger partial charge on any atom is -0.299 e. The summed E-state index contributed by atoms with van der Waals surface area (Å²) in [6, 6.07) is 0. The average molecular weight is 280 g/mol. The largest absolute Gasteiger partial charge is 0.299 e. The van der Waals surface area contributed by atoms with Crippen LogP contribution in [0.3, 0.4) is 0 Å². The van der Waals surface area contributed by atoms with Crippen LogP contribution in [-0.4, -0.2) is 29.8 Å². The maximum atomic E-state index is 13.3. The van der Waals surface area contributed by atoms with Crippen LogP contribution in [0.15, 0.2) is 23.6 Å². The first kappa shape index (κ1) is 14.9. The number of Topliss-reactive ketones (excluding diaryl/α,β-unsaturated/α-hetero) is 1. The van der Waals surface area contributed by atoms with E-state index in [2.05, 4.69) is 5.43 Å². The first-order chi connectivity index (χ1) is 9.56. The van der Waals surface area contributed by atoms with Crippen LogP contribution in [0.2, 0.25) is 0 Å². The van der Waals surface area contributed by atoms with Crippen molar-refractivity contribution in [2.24, 2.45) is 5.92 Å². The van der Waals surface area contributed by atoms with Crippen molar-refractivity contribution < 1.29 is 14.0 Å². The van der Waals surface area contributed by atoms with Gasteiger partial charge in [-0.3, -0.25) is 14.6 Å². The van der Waals surface area contributed by atoms with Gasteiger partial charge < -0.3 is 0 Å². The number of hydrogen-bond acceptors (Lipinski definition) is 3. The Labute approximate surface area is 118 Å². The summed E-state index contributed by atoms with van der Waals surface area (Å²) >= 11 is 0. The summed E-state index contributed by atoms with van der Waals surface area (Å²) in [5.74, 6) is -0.456. The lowest BCUT2D eigenvalue weighted by Crippen LogP contribution is -2.44. The van der Waals surface area contributed by atoms with Gasteiger partial charge in [0.25, 0.3) is 0 Å². The summed E-state index contributed by atoms with van der Waals surface area (Å²) in [5, 5.41) is 1.46.